The third-order valence-electron chi connectivity index (χ3n) is 2.78. The van der Waals surface area contributed by atoms with Crippen LogP contribution >= 0.6 is 12.4 Å². The molecule has 0 spiro atoms. The monoisotopic (exact) mass is 246 g/mol. The lowest BCUT2D eigenvalue weighted by Crippen LogP contribution is -2.06. The van der Waals surface area contributed by atoms with Crippen molar-refractivity contribution >= 4 is 40.0 Å². The lowest BCUT2D eigenvalue weighted by atomic mass is 10.1. The van der Waals surface area contributed by atoms with E-state index in [0.29, 0.717) is 5.76 Å². The van der Waals surface area contributed by atoms with Crippen molar-refractivity contribution in [2.24, 2.45) is 0 Å². The molecule has 17 heavy (non-hydrogen) atoms. The van der Waals surface area contributed by atoms with E-state index in [0.717, 1.165) is 27.0 Å². The van der Waals surface area contributed by atoms with Crippen LogP contribution < -0.4 is 5.22 Å². The molecule has 0 aliphatic heterocycles. The summed E-state index contributed by atoms with van der Waals surface area (Å²) in [7, 11) is 0. The number of aliphatic hydroxyl groups excluding tert-OH is 1. The van der Waals surface area contributed by atoms with Gasteiger partial charge in [0, 0.05) is 10.6 Å². The van der Waals surface area contributed by atoms with Crippen LogP contribution in [0.2, 0.25) is 0 Å². The van der Waals surface area contributed by atoms with Crippen LogP contribution in [0.15, 0.2) is 36.7 Å². The van der Waals surface area contributed by atoms with Gasteiger partial charge >= 0.3 is 0 Å². The predicted molar refractivity (Wildman–Crippen MR) is 71.2 cm³/mol. The Labute approximate surface area is 104 Å². The van der Waals surface area contributed by atoms with Crippen molar-refractivity contribution in [1.82, 2.24) is 9.97 Å². The van der Waals surface area contributed by atoms with Gasteiger partial charge in [0.2, 0.25) is 0 Å². The van der Waals surface area contributed by atoms with Crippen LogP contribution in [-0.2, 0) is 0 Å². The summed E-state index contributed by atoms with van der Waals surface area (Å²) in [6.07, 6.45) is 1.56. The number of aromatic nitrogens is 2. The van der Waals surface area contributed by atoms with Crippen molar-refractivity contribution in [1.29, 1.82) is 0 Å². The summed E-state index contributed by atoms with van der Waals surface area (Å²) in [5.74, 6) is 0.318. The molecule has 3 aromatic rings. The molecular formula is C13H11ClN2O. The molecule has 0 aliphatic carbocycles. The first kappa shape index (κ1) is 11.6. The highest BCUT2D eigenvalue weighted by Crippen LogP contribution is 2.20. The van der Waals surface area contributed by atoms with Crippen LogP contribution in [-0.4, -0.2) is 15.1 Å². The first-order chi connectivity index (χ1) is 7.77. The summed E-state index contributed by atoms with van der Waals surface area (Å²) in [5.41, 5.74) is 1.82. The van der Waals surface area contributed by atoms with Crippen molar-refractivity contribution in [2.75, 3.05) is 0 Å². The van der Waals surface area contributed by atoms with Gasteiger partial charge in [-0.05, 0) is 30.5 Å². The Kier molecular flexibility index (Phi) is 2.86. The second-order valence-electron chi connectivity index (χ2n) is 3.79. The predicted octanol–water partition coefficient (Wildman–Crippen LogP) is 2.61. The van der Waals surface area contributed by atoms with Crippen molar-refractivity contribution in [2.45, 2.75) is 6.92 Å². The minimum Gasteiger partial charge on any atom is -0.512 e. The van der Waals surface area contributed by atoms with Gasteiger partial charge in [0.15, 0.2) is 0 Å². The largest absolute Gasteiger partial charge is 0.512 e. The van der Waals surface area contributed by atoms with Crippen LogP contribution in [0.3, 0.4) is 0 Å². The smallest absolute Gasteiger partial charge is 0.116 e. The van der Waals surface area contributed by atoms with Crippen LogP contribution in [0.25, 0.3) is 27.6 Å². The van der Waals surface area contributed by atoms with E-state index in [1.54, 1.807) is 13.3 Å². The average Bonchev–Trinajstić information content (AvgIpc) is 2.30. The van der Waals surface area contributed by atoms with E-state index in [1.807, 2.05) is 30.3 Å². The third kappa shape index (κ3) is 1.68. The van der Waals surface area contributed by atoms with E-state index in [1.165, 1.54) is 0 Å². The molecule has 1 aromatic heterocycles. The van der Waals surface area contributed by atoms with Gasteiger partial charge in [-0.15, -0.1) is 12.4 Å². The molecule has 2 aromatic carbocycles. The summed E-state index contributed by atoms with van der Waals surface area (Å²) in [6, 6.07) is 9.67. The highest BCUT2D eigenvalue weighted by molar-refractivity contribution is 6.06. The molecule has 0 fully saturated rings. The summed E-state index contributed by atoms with van der Waals surface area (Å²) in [5, 5.41) is 12.5. The molecule has 0 radical (unpaired) electrons. The van der Waals surface area contributed by atoms with Crippen LogP contribution in [0.4, 0.5) is 0 Å². The molecule has 0 unspecified atom stereocenters. The van der Waals surface area contributed by atoms with E-state index in [9.17, 15) is 5.11 Å². The fourth-order valence-electron chi connectivity index (χ4n) is 2.05. The van der Waals surface area contributed by atoms with E-state index in [2.05, 4.69) is 9.97 Å². The quantitative estimate of drug-likeness (QED) is 0.663. The van der Waals surface area contributed by atoms with E-state index < -0.39 is 0 Å². The number of halogens is 1. The summed E-state index contributed by atoms with van der Waals surface area (Å²) in [6.45, 7) is 1.69. The van der Waals surface area contributed by atoms with Gasteiger partial charge < -0.3 is 5.11 Å². The van der Waals surface area contributed by atoms with Gasteiger partial charge in [-0.3, -0.25) is 0 Å². The van der Waals surface area contributed by atoms with Crippen molar-refractivity contribution in [3.63, 3.8) is 0 Å². The van der Waals surface area contributed by atoms with Crippen LogP contribution in [0, 0.1) is 0 Å². The number of benzene rings is 2. The number of aliphatic hydroxyl groups is 1. The van der Waals surface area contributed by atoms with E-state index in [4.69, 9.17) is 0 Å². The zero-order valence-corrected chi connectivity index (χ0v) is 10.0. The normalized spacial score (nSPS) is 12.5. The SMILES string of the molecule is C/C(O)=c1/ccc2ncnc3cccc1c32.Cl. The summed E-state index contributed by atoms with van der Waals surface area (Å²) >= 11 is 0. The van der Waals surface area contributed by atoms with Crippen molar-refractivity contribution in [3.8, 4) is 0 Å². The Morgan fingerprint density at radius 1 is 1.06 bits per heavy atom. The number of hydrogen-bond donors (Lipinski definition) is 1. The molecule has 0 amide bonds. The second kappa shape index (κ2) is 4.18. The van der Waals surface area contributed by atoms with Gasteiger partial charge in [-0.1, -0.05) is 12.1 Å². The van der Waals surface area contributed by atoms with Crippen LogP contribution in [0.1, 0.15) is 6.92 Å². The highest BCUT2D eigenvalue weighted by atomic mass is 35.5. The first-order valence-electron chi connectivity index (χ1n) is 5.09. The maximum absolute atomic E-state index is 9.64. The zero-order valence-electron chi connectivity index (χ0n) is 9.21. The zero-order chi connectivity index (χ0) is 11.1. The van der Waals surface area contributed by atoms with Crippen molar-refractivity contribution < 1.29 is 5.11 Å². The number of nitrogens with zero attached hydrogens (tertiary/aromatic N) is 2. The van der Waals surface area contributed by atoms with E-state index >= 15 is 0 Å². The van der Waals surface area contributed by atoms with Gasteiger partial charge in [0.1, 0.15) is 6.33 Å². The van der Waals surface area contributed by atoms with Gasteiger partial charge in [0.25, 0.3) is 0 Å². The lowest BCUT2D eigenvalue weighted by Gasteiger charge is -2.04. The Balaban J connectivity index is 0.00000108. The fourth-order valence-corrected chi connectivity index (χ4v) is 2.05. The molecule has 3 nitrogen and oxygen atoms in total. The first-order valence-corrected chi connectivity index (χ1v) is 5.09. The molecule has 0 saturated carbocycles. The molecule has 3 rings (SSSR count). The Morgan fingerprint density at radius 2 is 1.76 bits per heavy atom. The highest BCUT2D eigenvalue weighted by Gasteiger charge is 2.05. The number of hydrogen-bond acceptors (Lipinski definition) is 3. The second-order valence-corrected chi connectivity index (χ2v) is 3.79. The molecule has 0 saturated heterocycles. The summed E-state index contributed by atoms with van der Waals surface area (Å²) in [4.78, 5) is 8.46. The van der Waals surface area contributed by atoms with Gasteiger partial charge in [0.05, 0.1) is 16.8 Å². The molecule has 0 aliphatic rings. The molecule has 1 N–H and O–H groups in total. The summed E-state index contributed by atoms with van der Waals surface area (Å²) < 4.78 is 0. The van der Waals surface area contributed by atoms with Gasteiger partial charge in [-0.25, -0.2) is 9.97 Å². The minimum absolute atomic E-state index is 0. The topological polar surface area (TPSA) is 46.0 Å². The Hall–Kier alpha value is -1.87. The molecule has 4 heteroatoms. The van der Waals surface area contributed by atoms with E-state index in [-0.39, 0.29) is 12.4 Å². The molecule has 86 valence electrons. The van der Waals surface area contributed by atoms with Crippen molar-refractivity contribution in [3.05, 3.63) is 41.9 Å². The maximum Gasteiger partial charge on any atom is 0.116 e. The molecular weight excluding hydrogens is 236 g/mol. The molecule has 0 bridgehead atoms. The third-order valence-corrected chi connectivity index (χ3v) is 2.78. The maximum atomic E-state index is 9.64. The van der Waals surface area contributed by atoms with Gasteiger partial charge in [-0.2, -0.15) is 0 Å². The fraction of sp³-hybridized carbons (Fsp3) is 0.0769. The molecule has 0 atom stereocenters. The lowest BCUT2D eigenvalue weighted by molar-refractivity contribution is 0.499. The number of rotatable bonds is 0. The Morgan fingerprint density at radius 3 is 2.47 bits per heavy atom. The average molecular weight is 247 g/mol. The standard InChI is InChI=1S/C13H10N2O.ClH/c1-8(16)9-5-6-12-13-10(9)3-2-4-11(13)14-7-15-12;/h2-7,16H,1H3;1H/b9-8+;. The minimum atomic E-state index is 0. The molecule has 1 heterocycles. The Bertz CT molecular complexity index is 713. The van der Waals surface area contributed by atoms with Crippen LogP contribution in [0.5, 0.6) is 0 Å².